The Hall–Kier alpha value is -1.80. The number of ether oxygens (including phenoxy) is 2. The SMILES string of the molecule is O=C(Nc1nc(-c2ccc3c(c2)OCCO3)cs1)c1cc(Cl)sc1Cl. The minimum Gasteiger partial charge on any atom is -0.486 e. The van der Waals surface area contributed by atoms with Gasteiger partial charge in [0.05, 0.1) is 15.6 Å². The molecule has 1 amide bonds. The third kappa shape index (κ3) is 3.46. The largest absolute Gasteiger partial charge is 0.486 e. The molecular weight excluding hydrogens is 403 g/mol. The van der Waals surface area contributed by atoms with E-state index in [4.69, 9.17) is 32.7 Å². The average Bonchev–Trinajstić information content (AvgIpc) is 3.20. The van der Waals surface area contributed by atoms with Gasteiger partial charge >= 0.3 is 0 Å². The number of amides is 1. The van der Waals surface area contributed by atoms with Crippen molar-refractivity contribution in [1.29, 1.82) is 0 Å². The fraction of sp³-hybridized carbons (Fsp3) is 0.125. The summed E-state index contributed by atoms with van der Waals surface area (Å²) in [7, 11) is 0. The van der Waals surface area contributed by atoms with Crippen LogP contribution in [0.15, 0.2) is 29.6 Å². The van der Waals surface area contributed by atoms with Gasteiger partial charge in [-0.25, -0.2) is 4.98 Å². The second-order valence-corrected chi connectivity index (χ2v) is 8.23. The summed E-state index contributed by atoms with van der Waals surface area (Å²) < 4.78 is 11.9. The lowest BCUT2D eigenvalue weighted by Gasteiger charge is -2.18. The van der Waals surface area contributed by atoms with Crippen LogP contribution in [0, 0.1) is 0 Å². The van der Waals surface area contributed by atoms with Crippen molar-refractivity contribution in [3.8, 4) is 22.8 Å². The summed E-state index contributed by atoms with van der Waals surface area (Å²) in [6.45, 7) is 1.08. The first kappa shape index (κ1) is 16.7. The number of benzene rings is 1. The zero-order valence-electron chi connectivity index (χ0n) is 12.5. The molecule has 5 nitrogen and oxygen atoms in total. The molecule has 3 aromatic rings. The molecule has 0 unspecified atom stereocenters. The molecule has 1 aliphatic heterocycles. The van der Waals surface area contributed by atoms with Gasteiger partial charge in [-0.05, 0) is 24.3 Å². The molecule has 4 rings (SSSR count). The van der Waals surface area contributed by atoms with Crippen molar-refractivity contribution in [3.63, 3.8) is 0 Å². The lowest BCUT2D eigenvalue weighted by molar-refractivity contribution is 0.102. The van der Waals surface area contributed by atoms with Gasteiger partial charge in [0.15, 0.2) is 16.6 Å². The van der Waals surface area contributed by atoms with Gasteiger partial charge < -0.3 is 9.47 Å². The zero-order valence-corrected chi connectivity index (χ0v) is 15.7. The number of nitrogens with one attached hydrogen (secondary N) is 1. The van der Waals surface area contributed by atoms with Gasteiger partial charge in [-0.3, -0.25) is 10.1 Å². The quantitative estimate of drug-likeness (QED) is 0.641. The minimum absolute atomic E-state index is 0.337. The lowest BCUT2D eigenvalue weighted by atomic mass is 10.1. The second-order valence-electron chi connectivity index (χ2n) is 5.09. The molecule has 2 aromatic heterocycles. The van der Waals surface area contributed by atoms with Crippen molar-refractivity contribution < 1.29 is 14.3 Å². The molecule has 1 aliphatic rings. The van der Waals surface area contributed by atoms with Gasteiger partial charge in [-0.1, -0.05) is 23.2 Å². The van der Waals surface area contributed by atoms with Crippen LogP contribution in [0.5, 0.6) is 11.5 Å². The number of aromatic nitrogens is 1. The molecule has 0 saturated heterocycles. The van der Waals surface area contributed by atoms with Gasteiger partial charge in [-0.2, -0.15) is 0 Å². The molecule has 25 heavy (non-hydrogen) atoms. The lowest BCUT2D eigenvalue weighted by Crippen LogP contribution is -2.15. The third-order valence-electron chi connectivity index (χ3n) is 3.46. The summed E-state index contributed by atoms with van der Waals surface area (Å²) in [6, 6.07) is 7.18. The van der Waals surface area contributed by atoms with Crippen LogP contribution in [0.4, 0.5) is 5.13 Å². The fourth-order valence-electron chi connectivity index (χ4n) is 2.33. The highest BCUT2D eigenvalue weighted by atomic mass is 35.5. The minimum atomic E-state index is -0.337. The average molecular weight is 413 g/mol. The molecule has 0 radical (unpaired) electrons. The molecule has 0 bridgehead atoms. The van der Waals surface area contributed by atoms with Gasteiger partial charge in [0.2, 0.25) is 0 Å². The van der Waals surface area contributed by atoms with Gasteiger partial charge in [0.1, 0.15) is 17.6 Å². The van der Waals surface area contributed by atoms with Crippen LogP contribution in [0.25, 0.3) is 11.3 Å². The predicted octanol–water partition coefficient (Wildman–Crippen LogP) is 5.20. The Balaban J connectivity index is 1.54. The number of hydrogen-bond donors (Lipinski definition) is 1. The van der Waals surface area contributed by atoms with E-state index in [1.165, 1.54) is 11.3 Å². The normalized spacial score (nSPS) is 12.9. The number of rotatable bonds is 3. The smallest absolute Gasteiger partial charge is 0.259 e. The van der Waals surface area contributed by atoms with Crippen LogP contribution >= 0.6 is 45.9 Å². The molecular formula is C16H10Cl2N2O3S2. The van der Waals surface area contributed by atoms with Crippen molar-refractivity contribution in [2.45, 2.75) is 0 Å². The Kier molecular flexibility index (Phi) is 4.56. The maximum Gasteiger partial charge on any atom is 0.259 e. The number of carbonyl (C=O) groups excluding carboxylic acids is 1. The second kappa shape index (κ2) is 6.84. The van der Waals surface area contributed by atoms with Crippen molar-refractivity contribution >= 4 is 56.9 Å². The highest BCUT2D eigenvalue weighted by Gasteiger charge is 2.17. The predicted molar refractivity (Wildman–Crippen MR) is 101 cm³/mol. The Labute approximate surface area is 161 Å². The molecule has 0 saturated carbocycles. The number of halogens is 2. The zero-order chi connectivity index (χ0) is 17.4. The first-order valence-electron chi connectivity index (χ1n) is 7.22. The van der Waals surface area contributed by atoms with Gasteiger partial charge in [0, 0.05) is 10.9 Å². The number of thiazole rings is 1. The number of thiophene rings is 1. The van der Waals surface area contributed by atoms with Crippen LogP contribution in [0.3, 0.4) is 0 Å². The summed E-state index contributed by atoms with van der Waals surface area (Å²) in [5, 5.41) is 5.09. The summed E-state index contributed by atoms with van der Waals surface area (Å²) in [5.74, 6) is 1.08. The topological polar surface area (TPSA) is 60.5 Å². The van der Waals surface area contributed by atoms with Crippen LogP contribution in [0.1, 0.15) is 10.4 Å². The number of anilines is 1. The summed E-state index contributed by atoms with van der Waals surface area (Å²) >= 11 is 14.4. The summed E-state index contributed by atoms with van der Waals surface area (Å²) in [6.07, 6.45) is 0. The van der Waals surface area contributed by atoms with E-state index in [0.717, 1.165) is 28.3 Å². The Morgan fingerprint density at radius 3 is 2.72 bits per heavy atom. The molecule has 9 heteroatoms. The summed E-state index contributed by atoms with van der Waals surface area (Å²) in [4.78, 5) is 16.7. The molecule has 3 heterocycles. The molecule has 0 spiro atoms. The third-order valence-corrected chi connectivity index (χ3v) is 5.71. The first-order chi connectivity index (χ1) is 12.1. The van der Waals surface area contributed by atoms with Crippen molar-refractivity contribution in [2.24, 2.45) is 0 Å². The highest BCUT2D eigenvalue weighted by molar-refractivity contribution is 7.20. The summed E-state index contributed by atoms with van der Waals surface area (Å²) in [5.41, 5.74) is 1.97. The van der Waals surface area contributed by atoms with Crippen molar-refractivity contribution in [1.82, 2.24) is 4.98 Å². The van der Waals surface area contributed by atoms with E-state index in [1.54, 1.807) is 6.07 Å². The van der Waals surface area contributed by atoms with Gasteiger partial charge in [0.25, 0.3) is 5.91 Å². The fourth-order valence-corrected chi connectivity index (χ4v) is 4.50. The monoisotopic (exact) mass is 412 g/mol. The van der Waals surface area contributed by atoms with Crippen LogP contribution < -0.4 is 14.8 Å². The maximum absolute atomic E-state index is 12.3. The standard InChI is InChI=1S/C16H10Cl2N2O3S2/c17-13-6-9(14(18)25-13)15(21)20-16-19-10(7-24-16)8-1-2-11-12(5-8)23-4-3-22-11/h1-2,5-7H,3-4H2,(H,19,20,21). The Morgan fingerprint density at radius 2 is 1.96 bits per heavy atom. The first-order valence-corrected chi connectivity index (χ1v) is 9.67. The number of carbonyl (C=O) groups is 1. The Morgan fingerprint density at radius 1 is 1.16 bits per heavy atom. The van der Waals surface area contributed by atoms with Crippen LogP contribution in [0.2, 0.25) is 8.67 Å². The van der Waals surface area contributed by atoms with E-state index in [2.05, 4.69) is 10.3 Å². The highest BCUT2D eigenvalue weighted by Crippen LogP contribution is 2.36. The molecule has 128 valence electrons. The van der Waals surface area contributed by atoms with E-state index in [-0.39, 0.29) is 5.91 Å². The van der Waals surface area contributed by atoms with E-state index in [1.807, 2.05) is 23.6 Å². The number of hydrogen-bond acceptors (Lipinski definition) is 6. The molecule has 1 aromatic carbocycles. The molecule has 0 fully saturated rings. The van der Waals surface area contributed by atoms with Crippen LogP contribution in [-0.2, 0) is 0 Å². The molecule has 0 aliphatic carbocycles. The van der Waals surface area contributed by atoms with E-state index in [9.17, 15) is 4.79 Å². The van der Waals surface area contributed by atoms with E-state index < -0.39 is 0 Å². The van der Waals surface area contributed by atoms with E-state index >= 15 is 0 Å². The van der Waals surface area contributed by atoms with Crippen molar-refractivity contribution in [3.05, 3.63) is 43.9 Å². The maximum atomic E-state index is 12.3. The van der Waals surface area contributed by atoms with Crippen molar-refractivity contribution in [2.75, 3.05) is 18.5 Å². The number of fused-ring (bicyclic) bond motifs is 1. The molecule has 0 atom stereocenters. The number of nitrogens with zero attached hydrogens (tertiary/aromatic N) is 1. The van der Waals surface area contributed by atoms with Crippen LogP contribution in [-0.4, -0.2) is 24.1 Å². The van der Waals surface area contributed by atoms with E-state index in [0.29, 0.717) is 38.3 Å². The Bertz CT molecular complexity index is 955. The van der Waals surface area contributed by atoms with Gasteiger partial charge in [-0.15, -0.1) is 22.7 Å². The molecule has 1 N–H and O–H groups in total.